The molecule has 0 unspecified atom stereocenters. The highest BCUT2D eigenvalue weighted by Gasteiger charge is 2.17. The van der Waals surface area contributed by atoms with Crippen molar-refractivity contribution in [3.8, 4) is 6.07 Å². The van der Waals surface area contributed by atoms with Gasteiger partial charge in [-0.3, -0.25) is 9.69 Å². The highest BCUT2D eigenvalue weighted by Crippen LogP contribution is 2.18. The summed E-state index contributed by atoms with van der Waals surface area (Å²) in [5, 5.41) is 8.66. The van der Waals surface area contributed by atoms with Gasteiger partial charge in [-0.15, -0.1) is 0 Å². The quantitative estimate of drug-likeness (QED) is 0.807. The van der Waals surface area contributed by atoms with Crippen LogP contribution in [0.3, 0.4) is 0 Å². The lowest BCUT2D eigenvalue weighted by atomic mass is 10.2. The van der Waals surface area contributed by atoms with Crippen LogP contribution < -0.4 is 4.90 Å². The molecular weight excluding hydrogens is 230 g/mol. The second-order valence-corrected chi connectivity index (χ2v) is 3.79. The highest BCUT2D eigenvalue weighted by molar-refractivity contribution is 6.03. The molecule has 90 valence electrons. The predicted molar refractivity (Wildman–Crippen MR) is 65.1 cm³/mol. The van der Waals surface area contributed by atoms with Crippen LogP contribution in [0.4, 0.5) is 5.88 Å². The van der Waals surface area contributed by atoms with E-state index in [2.05, 4.69) is 4.98 Å². The van der Waals surface area contributed by atoms with Crippen molar-refractivity contribution in [2.75, 3.05) is 11.9 Å². The maximum atomic E-state index is 12.1. The third-order valence-electron chi connectivity index (χ3n) is 2.47. The fraction of sp³-hybridized carbons (Fsp3) is 0.154. The zero-order valence-electron chi connectivity index (χ0n) is 10.0. The Morgan fingerprint density at radius 2 is 2.17 bits per heavy atom. The van der Waals surface area contributed by atoms with Crippen LogP contribution in [0, 0.1) is 18.3 Å². The van der Waals surface area contributed by atoms with E-state index in [1.807, 2.05) is 13.0 Å². The van der Waals surface area contributed by atoms with Gasteiger partial charge in [-0.25, -0.2) is 4.98 Å². The number of hydrogen-bond acceptors (Lipinski definition) is 4. The molecule has 0 aliphatic rings. The van der Waals surface area contributed by atoms with Crippen molar-refractivity contribution in [3.05, 3.63) is 47.5 Å². The Labute approximate surface area is 104 Å². The summed E-state index contributed by atoms with van der Waals surface area (Å²) >= 11 is 0. The summed E-state index contributed by atoms with van der Waals surface area (Å²) in [5.74, 6) is 0.912. The molecule has 0 atom stereocenters. The number of pyridine rings is 1. The monoisotopic (exact) mass is 241 g/mol. The number of carbonyl (C=O) groups is 1. The summed E-state index contributed by atoms with van der Waals surface area (Å²) in [6, 6.07) is 8.53. The lowest BCUT2D eigenvalue weighted by Crippen LogP contribution is -2.26. The number of carbonyl (C=O) groups excluding carboxylic acids is 1. The average Bonchev–Trinajstić information content (AvgIpc) is 2.84. The van der Waals surface area contributed by atoms with Gasteiger partial charge < -0.3 is 4.42 Å². The summed E-state index contributed by atoms with van der Waals surface area (Å²) in [6.45, 7) is 1.81. The van der Waals surface area contributed by atoms with Gasteiger partial charge in [-0.2, -0.15) is 5.26 Å². The molecule has 2 heterocycles. The third kappa shape index (κ3) is 2.23. The van der Waals surface area contributed by atoms with Gasteiger partial charge in [-0.1, -0.05) is 0 Å². The topological polar surface area (TPSA) is 70.1 Å². The molecule has 0 saturated heterocycles. The summed E-state index contributed by atoms with van der Waals surface area (Å²) in [5.41, 5.74) is 0.689. The molecule has 2 aromatic rings. The van der Waals surface area contributed by atoms with Crippen LogP contribution in [-0.4, -0.2) is 17.9 Å². The van der Waals surface area contributed by atoms with E-state index in [9.17, 15) is 4.79 Å². The minimum absolute atomic E-state index is 0.269. The van der Waals surface area contributed by atoms with Gasteiger partial charge >= 0.3 is 0 Å². The van der Waals surface area contributed by atoms with Crippen LogP contribution in [0.2, 0.25) is 0 Å². The molecule has 0 bridgehead atoms. The van der Waals surface area contributed by atoms with Crippen molar-refractivity contribution in [1.29, 1.82) is 5.26 Å². The van der Waals surface area contributed by atoms with Crippen LogP contribution in [0.1, 0.15) is 21.8 Å². The summed E-state index contributed by atoms with van der Waals surface area (Å²) in [7, 11) is 1.61. The highest BCUT2D eigenvalue weighted by atomic mass is 16.4. The van der Waals surface area contributed by atoms with Gasteiger partial charge in [0.15, 0.2) is 0 Å². The molecule has 0 aliphatic heterocycles. The Hall–Kier alpha value is -2.61. The fourth-order valence-electron chi connectivity index (χ4n) is 1.46. The van der Waals surface area contributed by atoms with Gasteiger partial charge in [-0.05, 0) is 25.1 Å². The second kappa shape index (κ2) is 4.72. The molecule has 0 aromatic carbocycles. The Kier molecular flexibility index (Phi) is 3.11. The van der Waals surface area contributed by atoms with E-state index in [0.29, 0.717) is 11.4 Å². The molecule has 0 saturated carbocycles. The number of aryl methyl sites for hydroxylation is 1. The number of amides is 1. The largest absolute Gasteiger partial charge is 0.445 e. The number of anilines is 1. The molecule has 1 amide bonds. The minimum atomic E-state index is -0.283. The smallest absolute Gasteiger partial charge is 0.278 e. The molecule has 0 radical (unpaired) electrons. The molecule has 0 N–H and O–H groups in total. The first-order valence-corrected chi connectivity index (χ1v) is 5.32. The van der Waals surface area contributed by atoms with E-state index in [-0.39, 0.29) is 11.6 Å². The van der Waals surface area contributed by atoms with E-state index in [1.165, 1.54) is 17.2 Å². The zero-order valence-corrected chi connectivity index (χ0v) is 10.0. The maximum absolute atomic E-state index is 12.1. The van der Waals surface area contributed by atoms with Gasteiger partial charge in [0.05, 0.1) is 5.56 Å². The van der Waals surface area contributed by atoms with Crippen molar-refractivity contribution in [2.45, 2.75) is 6.92 Å². The van der Waals surface area contributed by atoms with Gasteiger partial charge in [0.2, 0.25) is 5.88 Å². The lowest BCUT2D eigenvalue weighted by molar-refractivity contribution is 0.0984. The molecule has 0 spiro atoms. The zero-order chi connectivity index (χ0) is 13.1. The number of nitrogens with zero attached hydrogens (tertiary/aromatic N) is 3. The van der Waals surface area contributed by atoms with Crippen molar-refractivity contribution < 1.29 is 9.21 Å². The van der Waals surface area contributed by atoms with Crippen molar-refractivity contribution in [2.24, 2.45) is 0 Å². The number of aromatic nitrogens is 1. The van der Waals surface area contributed by atoms with Crippen LogP contribution in [0.15, 0.2) is 34.9 Å². The minimum Gasteiger partial charge on any atom is -0.445 e. The number of rotatable bonds is 2. The fourth-order valence-corrected chi connectivity index (χ4v) is 1.46. The first-order chi connectivity index (χ1) is 8.61. The first kappa shape index (κ1) is 11.9. The van der Waals surface area contributed by atoms with Crippen LogP contribution in [0.25, 0.3) is 0 Å². The normalized spacial score (nSPS) is 9.83. The number of nitriles is 1. The van der Waals surface area contributed by atoms with E-state index < -0.39 is 0 Å². The van der Waals surface area contributed by atoms with E-state index in [0.717, 1.165) is 5.76 Å². The summed E-state index contributed by atoms with van der Waals surface area (Å²) in [4.78, 5) is 17.4. The van der Waals surface area contributed by atoms with Crippen LogP contribution >= 0.6 is 0 Å². The molecular formula is C13H11N3O2. The van der Waals surface area contributed by atoms with Gasteiger partial charge in [0.25, 0.3) is 5.91 Å². The maximum Gasteiger partial charge on any atom is 0.278 e. The molecule has 2 rings (SSSR count). The molecule has 5 heteroatoms. The summed E-state index contributed by atoms with van der Waals surface area (Å²) < 4.78 is 5.36. The third-order valence-corrected chi connectivity index (χ3v) is 2.47. The SMILES string of the molecule is Cc1ccc(N(C)C(=O)c2ccc(C#N)cn2)o1. The number of hydrogen-bond donors (Lipinski definition) is 0. The molecule has 2 aromatic heterocycles. The molecule has 0 fully saturated rings. The average molecular weight is 241 g/mol. The molecule has 5 nitrogen and oxygen atoms in total. The van der Waals surface area contributed by atoms with Crippen molar-refractivity contribution in [3.63, 3.8) is 0 Å². The van der Waals surface area contributed by atoms with Gasteiger partial charge in [0.1, 0.15) is 17.5 Å². The first-order valence-electron chi connectivity index (χ1n) is 5.32. The predicted octanol–water partition coefficient (Wildman–Crippen LogP) is 2.13. The molecule has 18 heavy (non-hydrogen) atoms. The second-order valence-electron chi connectivity index (χ2n) is 3.79. The van der Waals surface area contributed by atoms with Crippen LogP contribution in [-0.2, 0) is 0 Å². The van der Waals surface area contributed by atoms with E-state index >= 15 is 0 Å². The number of furan rings is 1. The van der Waals surface area contributed by atoms with E-state index in [1.54, 1.807) is 25.2 Å². The Bertz CT molecular complexity index is 608. The Balaban J connectivity index is 2.23. The Morgan fingerprint density at radius 1 is 1.39 bits per heavy atom. The van der Waals surface area contributed by atoms with Gasteiger partial charge in [0, 0.05) is 19.3 Å². The molecule has 0 aliphatic carbocycles. The van der Waals surface area contributed by atoms with Crippen molar-refractivity contribution >= 4 is 11.8 Å². The Morgan fingerprint density at radius 3 is 2.67 bits per heavy atom. The lowest BCUT2D eigenvalue weighted by Gasteiger charge is -2.13. The van der Waals surface area contributed by atoms with Crippen molar-refractivity contribution in [1.82, 2.24) is 4.98 Å². The summed E-state index contributed by atoms with van der Waals surface area (Å²) in [6.07, 6.45) is 1.37. The van der Waals surface area contributed by atoms with Crippen LogP contribution in [0.5, 0.6) is 0 Å². The van der Waals surface area contributed by atoms with E-state index in [4.69, 9.17) is 9.68 Å². The standard InChI is InChI=1S/C13H11N3O2/c1-9-3-6-12(18-9)16(2)13(17)11-5-4-10(7-14)8-15-11/h3-6,8H,1-2H3.